The minimum Gasteiger partial charge on any atom is -0.383 e. The molecule has 2 rings (SSSR count). The van der Waals surface area contributed by atoms with E-state index >= 15 is 0 Å². The van der Waals surface area contributed by atoms with Gasteiger partial charge in [0.1, 0.15) is 0 Å². The van der Waals surface area contributed by atoms with Gasteiger partial charge in [-0.15, -0.1) is 0 Å². The number of carbonyl (C=O) groups is 1. The van der Waals surface area contributed by atoms with Crippen molar-refractivity contribution in [3.05, 3.63) is 29.8 Å². The summed E-state index contributed by atoms with van der Waals surface area (Å²) in [6.07, 6.45) is 0.916. The van der Waals surface area contributed by atoms with E-state index in [2.05, 4.69) is 21.7 Å². The summed E-state index contributed by atoms with van der Waals surface area (Å²) in [5.41, 5.74) is 2.25. The Labute approximate surface area is 131 Å². The smallest absolute Gasteiger partial charge is 0.246 e. The minimum absolute atomic E-state index is 0.0484. The molecule has 0 bridgehead atoms. The largest absolute Gasteiger partial charge is 0.383 e. The number of benzene rings is 1. The van der Waals surface area contributed by atoms with Crippen molar-refractivity contribution in [1.29, 1.82) is 0 Å². The molecule has 1 aliphatic rings. The van der Waals surface area contributed by atoms with Gasteiger partial charge in [0.15, 0.2) is 5.96 Å². The van der Waals surface area contributed by atoms with Crippen molar-refractivity contribution in [2.24, 2.45) is 4.99 Å². The van der Waals surface area contributed by atoms with E-state index in [9.17, 15) is 4.79 Å². The molecule has 0 saturated heterocycles. The summed E-state index contributed by atoms with van der Waals surface area (Å²) in [6, 6.07) is 8.16. The Kier molecular flexibility index (Phi) is 5.77. The first kappa shape index (κ1) is 16.3. The van der Waals surface area contributed by atoms with Crippen LogP contribution in [0.15, 0.2) is 29.3 Å². The Morgan fingerprint density at radius 3 is 2.95 bits per heavy atom. The fourth-order valence-corrected chi connectivity index (χ4v) is 2.57. The molecule has 0 fully saturated rings. The zero-order valence-corrected chi connectivity index (χ0v) is 13.4. The molecule has 0 aliphatic carbocycles. The van der Waals surface area contributed by atoms with Crippen molar-refractivity contribution in [2.75, 3.05) is 38.8 Å². The van der Waals surface area contributed by atoms with Gasteiger partial charge in [0.05, 0.1) is 13.2 Å². The van der Waals surface area contributed by atoms with Gasteiger partial charge in [-0.3, -0.25) is 9.79 Å². The second-order valence-electron chi connectivity index (χ2n) is 5.35. The number of carbonyl (C=O) groups excluding carboxylic acids is 1. The zero-order valence-electron chi connectivity index (χ0n) is 13.4. The molecule has 2 N–H and O–H groups in total. The number of guanidine groups is 1. The summed E-state index contributed by atoms with van der Waals surface area (Å²) in [5, 5.41) is 6.23. The van der Waals surface area contributed by atoms with Crippen LogP contribution in [0.2, 0.25) is 0 Å². The lowest BCUT2D eigenvalue weighted by Crippen LogP contribution is -2.47. The molecule has 1 heterocycles. The van der Waals surface area contributed by atoms with Gasteiger partial charge >= 0.3 is 0 Å². The third-order valence-corrected chi connectivity index (χ3v) is 3.62. The molecule has 1 aliphatic heterocycles. The average molecular weight is 304 g/mol. The molecule has 6 nitrogen and oxygen atoms in total. The summed E-state index contributed by atoms with van der Waals surface area (Å²) in [4.78, 5) is 18.3. The second kappa shape index (κ2) is 7.79. The third-order valence-electron chi connectivity index (χ3n) is 3.62. The van der Waals surface area contributed by atoms with Gasteiger partial charge in [-0.05, 0) is 25.0 Å². The predicted octanol–water partition coefficient (Wildman–Crippen LogP) is 0.776. The SMILES string of the molecule is CN=C(NCC(=O)N1CCc2ccccc21)NC(C)COC. The fraction of sp³-hybridized carbons (Fsp3) is 0.500. The number of methoxy groups -OCH3 is 1. The van der Waals surface area contributed by atoms with Gasteiger partial charge in [-0.1, -0.05) is 18.2 Å². The second-order valence-corrected chi connectivity index (χ2v) is 5.35. The van der Waals surface area contributed by atoms with Crippen LogP contribution < -0.4 is 15.5 Å². The van der Waals surface area contributed by atoms with Gasteiger partial charge in [-0.2, -0.15) is 0 Å². The first-order valence-electron chi connectivity index (χ1n) is 7.50. The summed E-state index contributed by atoms with van der Waals surface area (Å²) in [7, 11) is 3.34. The van der Waals surface area contributed by atoms with E-state index in [-0.39, 0.29) is 18.5 Å². The van der Waals surface area contributed by atoms with Crippen LogP contribution >= 0.6 is 0 Å². The van der Waals surface area contributed by atoms with Crippen LogP contribution in [0.25, 0.3) is 0 Å². The van der Waals surface area contributed by atoms with Crippen LogP contribution in [0.5, 0.6) is 0 Å². The molecule has 22 heavy (non-hydrogen) atoms. The molecule has 0 saturated carbocycles. The molecular formula is C16H24N4O2. The predicted molar refractivity (Wildman–Crippen MR) is 88.3 cm³/mol. The summed E-state index contributed by atoms with van der Waals surface area (Å²) in [5.74, 6) is 0.651. The summed E-state index contributed by atoms with van der Waals surface area (Å²) >= 11 is 0. The first-order chi connectivity index (χ1) is 10.7. The van der Waals surface area contributed by atoms with E-state index in [4.69, 9.17) is 4.74 Å². The number of anilines is 1. The minimum atomic E-state index is 0.0484. The zero-order chi connectivity index (χ0) is 15.9. The molecule has 1 amide bonds. The first-order valence-corrected chi connectivity index (χ1v) is 7.50. The number of para-hydroxylation sites is 1. The lowest BCUT2D eigenvalue weighted by atomic mass is 10.2. The Balaban J connectivity index is 1.88. The number of nitrogens with zero attached hydrogens (tertiary/aromatic N) is 2. The summed E-state index contributed by atoms with van der Waals surface area (Å²) in [6.45, 7) is 3.53. The van der Waals surface area contributed by atoms with Crippen LogP contribution in [-0.4, -0.2) is 51.8 Å². The Hall–Kier alpha value is -2.08. The van der Waals surface area contributed by atoms with Crippen molar-refractivity contribution < 1.29 is 9.53 Å². The topological polar surface area (TPSA) is 66.0 Å². The Morgan fingerprint density at radius 1 is 1.45 bits per heavy atom. The van der Waals surface area contributed by atoms with Crippen LogP contribution in [0, 0.1) is 0 Å². The number of amides is 1. The van der Waals surface area contributed by atoms with E-state index in [1.807, 2.05) is 30.0 Å². The number of fused-ring (bicyclic) bond motifs is 1. The van der Waals surface area contributed by atoms with Crippen LogP contribution in [0.4, 0.5) is 5.69 Å². The molecule has 120 valence electrons. The molecular weight excluding hydrogens is 280 g/mol. The molecule has 1 aromatic carbocycles. The molecule has 1 atom stereocenters. The van der Waals surface area contributed by atoms with Crippen LogP contribution in [0.3, 0.4) is 0 Å². The third kappa shape index (κ3) is 3.98. The maximum Gasteiger partial charge on any atom is 0.246 e. The monoisotopic (exact) mass is 304 g/mol. The fourth-order valence-electron chi connectivity index (χ4n) is 2.57. The standard InChI is InChI=1S/C16H24N4O2/c1-12(11-22-3)19-16(17-2)18-10-15(21)20-9-8-13-6-4-5-7-14(13)20/h4-7,12H,8-11H2,1-3H3,(H2,17,18,19). The quantitative estimate of drug-likeness (QED) is 0.623. The van der Waals surface area contributed by atoms with Gasteiger partial charge in [0.25, 0.3) is 0 Å². The van der Waals surface area contributed by atoms with Crippen LogP contribution in [-0.2, 0) is 16.0 Å². The van der Waals surface area contributed by atoms with Crippen molar-refractivity contribution in [1.82, 2.24) is 10.6 Å². The molecule has 0 aromatic heterocycles. The molecule has 0 spiro atoms. The highest BCUT2D eigenvalue weighted by Gasteiger charge is 2.23. The lowest BCUT2D eigenvalue weighted by molar-refractivity contribution is -0.117. The number of hydrogen-bond donors (Lipinski definition) is 2. The van der Waals surface area contributed by atoms with Crippen molar-refractivity contribution in [3.8, 4) is 0 Å². The molecule has 0 radical (unpaired) electrons. The Bertz CT molecular complexity index is 545. The maximum atomic E-state index is 12.4. The van der Waals surface area contributed by atoms with E-state index in [1.54, 1.807) is 14.2 Å². The van der Waals surface area contributed by atoms with Gasteiger partial charge in [0, 0.05) is 32.4 Å². The van der Waals surface area contributed by atoms with Crippen LogP contribution in [0.1, 0.15) is 12.5 Å². The van der Waals surface area contributed by atoms with Gasteiger partial charge in [0.2, 0.25) is 5.91 Å². The average Bonchev–Trinajstić information content (AvgIpc) is 2.95. The highest BCUT2D eigenvalue weighted by Crippen LogP contribution is 2.27. The number of ether oxygens (including phenoxy) is 1. The Morgan fingerprint density at radius 2 is 2.23 bits per heavy atom. The van der Waals surface area contributed by atoms with Crippen molar-refractivity contribution in [2.45, 2.75) is 19.4 Å². The number of rotatable bonds is 5. The van der Waals surface area contributed by atoms with E-state index in [1.165, 1.54) is 5.56 Å². The number of hydrogen-bond acceptors (Lipinski definition) is 3. The van der Waals surface area contributed by atoms with E-state index in [0.29, 0.717) is 12.6 Å². The summed E-state index contributed by atoms with van der Waals surface area (Å²) < 4.78 is 5.07. The highest BCUT2D eigenvalue weighted by atomic mass is 16.5. The molecule has 1 aromatic rings. The van der Waals surface area contributed by atoms with E-state index in [0.717, 1.165) is 18.7 Å². The highest BCUT2D eigenvalue weighted by molar-refractivity contribution is 5.98. The van der Waals surface area contributed by atoms with Crippen molar-refractivity contribution >= 4 is 17.6 Å². The van der Waals surface area contributed by atoms with E-state index < -0.39 is 0 Å². The van der Waals surface area contributed by atoms with Gasteiger partial charge in [-0.25, -0.2) is 0 Å². The van der Waals surface area contributed by atoms with Crippen molar-refractivity contribution in [3.63, 3.8) is 0 Å². The maximum absolute atomic E-state index is 12.4. The van der Waals surface area contributed by atoms with Gasteiger partial charge < -0.3 is 20.3 Å². The lowest BCUT2D eigenvalue weighted by Gasteiger charge is -2.20. The normalized spacial score (nSPS) is 15.4. The molecule has 1 unspecified atom stereocenters. The number of aliphatic imine (C=N–C) groups is 1. The number of nitrogens with one attached hydrogen (secondary N) is 2. The molecule has 6 heteroatoms.